The molecule has 0 saturated carbocycles. The molecule has 1 aliphatic heterocycles. The number of amides is 1. The molecular formula is C16H17NOS. The van der Waals surface area contributed by atoms with Crippen LogP contribution in [0.3, 0.4) is 0 Å². The minimum Gasteiger partial charge on any atom is -0.312 e. The van der Waals surface area contributed by atoms with E-state index in [1.807, 2.05) is 16.3 Å². The van der Waals surface area contributed by atoms with E-state index < -0.39 is 0 Å². The van der Waals surface area contributed by atoms with Crippen molar-refractivity contribution in [3.63, 3.8) is 0 Å². The highest BCUT2D eigenvalue weighted by atomic mass is 32.1. The molecule has 1 amide bonds. The summed E-state index contributed by atoms with van der Waals surface area (Å²) in [7, 11) is 0. The quantitative estimate of drug-likeness (QED) is 0.817. The summed E-state index contributed by atoms with van der Waals surface area (Å²) in [4.78, 5) is 14.4. The van der Waals surface area contributed by atoms with Crippen molar-refractivity contribution < 1.29 is 4.79 Å². The number of benzene rings is 1. The zero-order valence-electron chi connectivity index (χ0n) is 11.1. The number of aryl methyl sites for hydroxylation is 2. The zero-order valence-corrected chi connectivity index (χ0v) is 11.9. The van der Waals surface area contributed by atoms with Crippen molar-refractivity contribution in [1.29, 1.82) is 0 Å². The second kappa shape index (κ2) is 5.17. The first-order valence-electron chi connectivity index (χ1n) is 6.65. The maximum absolute atomic E-state index is 12.4. The molecule has 1 aliphatic rings. The van der Waals surface area contributed by atoms with Gasteiger partial charge < -0.3 is 4.90 Å². The third-order valence-corrected chi connectivity index (χ3v) is 4.32. The van der Waals surface area contributed by atoms with Gasteiger partial charge in [-0.25, -0.2) is 0 Å². The van der Waals surface area contributed by atoms with Crippen molar-refractivity contribution in [2.24, 2.45) is 0 Å². The summed E-state index contributed by atoms with van der Waals surface area (Å²) in [5, 5.41) is 4.08. The molecule has 3 rings (SSSR count). The van der Waals surface area contributed by atoms with Gasteiger partial charge in [-0.15, -0.1) is 0 Å². The highest BCUT2D eigenvalue weighted by molar-refractivity contribution is 7.08. The van der Waals surface area contributed by atoms with E-state index in [1.54, 1.807) is 11.3 Å². The highest BCUT2D eigenvalue weighted by Gasteiger charge is 2.22. The average molecular weight is 271 g/mol. The van der Waals surface area contributed by atoms with E-state index >= 15 is 0 Å². The summed E-state index contributed by atoms with van der Waals surface area (Å²) in [6, 6.07) is 8.42. The fraction of sp³-hybridized carbons (Fsp3) is 0.312. The van der Waals surface area contributed by atoms with Crippen LogP contribution in [-0.4, -0.2) is 12.5 Å². The number of anilines is 1. The Hall–Kier alpha value is -1.61. The molecule has 19 heavy (non-hydrogen) atoms. The third kappa shape index (κ3) is 2.56. The Labute approximate surface area is 117 Å². The lowest BCUT2D eigenvalue weighted by atomic mass is 9.99. The standard InChI is InChI=1S/C16H17NOS/c1-12-4-5-15-14(9-12)3-2-7-17(15)16(18)10-13-6-8-19-11-13/h4-6,8-9,11H,2-3,7,10H2,1H3. The topological polar surface area (TPSA) is 20.3 Å². The van der Waals surface area contributed by atoms with Gasteiger partial charge in [0, 0.05) is 12.2 Å². The Morgan fingerprint density at radius 3 is 3.05 bits per heavy atom. The van der Waals surface area contributed by atoms with Gasteiger partial charge in [-0.1, -0.05) is 17.7 Å². The maximum Gasteiger partial charge on any atom is 0.231 e. The van der Waals surface area contributed by atoms with Gasteiger partial charge in [0.05, 0.1) is 6.42 Å². The summed E-state index contributed by atoms with van der Waals surface area (Å²) in [6.07, 6.45) is 2.65. The van der Waals surface area contributed by atoms with Crippen molar-refractivity contribution >= 4 is 22.9 Å². The van der Waals surface area contributed by atoms with E-state index in [2.05, 4.69) is 30.5 Å². The molecule has 0 unspecified atom stereocenters. The third-order valence-electron chi connectivity index (χ3n) is 3.59. The molecule has 2 nitrogen and oxygen atoms in total. The number of hydrogen-bond acceptors (Lipinski definition) is 2. The molecule has 98 valence electrons. The van der Waals surface area contributed by atoms with Gasteiger partial charge >= 0.3 is 0 Å². The second-order valence-corrected chi connectivity index (χ2v) is 5.87. The summed E-state index contributed by atoms with van der Waals surface area (Å²) < 4.78 is 0. The molecule has 0 fully saturated rings. The monoisotopic (exact) mass is 271 g/mol. The molecule has 2 aromatic rings. The number of hydrogen-bond donors (Lipinski definition) is 0. The summed E-state index contributed by atoms with van der Waals surface area (Å²) >= 11 is 1.65. The van der Waals surface area contributed by atoms with Crippen molar-refractivity contribution in [3.8, 4) is 0 Å². The Balaban J connectivity index is 1.85. The van der Waals surface area contributed by atoms with Crippen LogP contribution in [0.5, 0.6) is 0 Å². The lowest BCUT2D eigenvalue weighted by Crippen LogP contribution is -2.36. The minimum absolute atomic E-state index is 0.211. The van der Waals surface area contributed by atoms with E-state index in [4.69, 9.17) is 0 Å². The number of nitrogens with zero attached hydrogens (tertiary/aromatic N) is 1. The van der Waals surface area contributed by atoms with Crippen LogP contribution in [0, 0.1) is 6.92 Å². The lowest BCUT2D eigenvalue weighted by Gasteiger charge is -2.29. The smallest absolute Gasteiger partial charge is 0.231 e. The first-order chi connectivity index (χ1) is 9.24. The Kier molecular flexibility index (Phi) is 3.38. The van der Waals surface area contributed by atoms with Crippen LogP contribution in [-0.2, 0) is 17.6 Å². The number of rotatable bonds is 2. The molecular weight excluding hydrogens is 254 g/mol. The number of thiophene rings is 1. The van der Waals surface area contributed by atoms with Crippen molar-refractivity contribution in [1.82, 2.24) is 0 Å². The summed E-state index contributed by atoms with van der Waals surface area (Å²) in [5.41, 5.74) is 4.81. The van der Waals surface area contributed by atoms with Gasteiger partial charge in [0.25, 0.3) is 0 Å². The maximum atomic E-state index is 12.4. The first-order valence-corrected chi connectivity index (χ1v) is 7.59. The van der Waals surface area contributed by atoms with Crippen LogP contribution in [0.4, 0.5) is 5.69 Å². The fourth-order valence-corrected chi connectivity index (χ4v) is 3.32. The van der Waals surface area contributed by atoms with Crippen molar-refractivity contribution in [2.45, 2.75) is 26.2 Å². The van der Waals surface area contributed by atoms with Gasteiger partial charge in [0.15, 0.2) is 0 Å². The van der Waals surface area contributed by atoms with Crippen molar-refractivity contribution in [3.05, 3.63) is 51.7 Å². The van der Waals surface area contributed by atoms with E-state index in [0.29, 0.717) is 6.42 Å². The van der Waals surface area contributed by atoms with E-state index in [9.17, 15) is 4.79 Å². The normalized spacial score (nSPS) is 14.3. The minimum atomic E-state index is 0.211. The number of carbonyl (C=O) groups excluding carboxylic acids is 1. The summed E-state index contributed by atoms with van der Waals surface area (Å²) in [6.45, 7) is 2.95. The fourth-order valence-electron chi connectivity index (χ4n) is 2.65. The molecule has 0 bridgehead atoms. The van der Waals surface area contributed by atoms with Gasteiger partial charge in [-0.05, 0) is 53.8 Å². The predicted molar refractivity (Wildman–Crippen MR) is 79.9 cm³/mol. The van der Waals surface area contributed by atoms with Crippen LogP contribution in [0.1, 0.15) is 23.1 Å². The van der Waals surface area contributed by atoms with Gasteiger partial charge in [0.2, 0.25) is 5.91 Å². The van der Waals surface area contributed by atoms with E-state index in [-0.39, 0.29) is 5.91 Å². The molecule has 0 atom stereocenters. The second-order valence-electron chi connectivity index (χ2n) is 5.09. The molecule has 0 N–H and O–H groups in total. The largest absolute Gasteiger partial charge is 0.312 e. The Morgan fingerprint density at radius 1 is 1.37 bits per heavy atom. The average Bonchev–Trinajstić information content (AvgIpc) is 2.90. The Morgan fingerprint density at radius 2 is 2.26 bits per heavy atom. The van der Waals surface area contributed by atoms with Crippen LogP contribution in [0.25, 0.3) is 0 Å². The Bertz CT molecular complexity index is 589. The SMILES string of the molecule is Cc1ccc2c(c1)CCCN2C(=O)Cc1ccsc1. The molecule has 1 aromatic carbocycles. The number of carbonyl (C=O) groups is 1. The molecule has 0 radical (unpaired) electrons. The molecule has 1 aromatic heterocycles. The van der Waals surface area contributed by atoms with E-state index in [0.717, 1.165) is 30.6 Å². The van der Waals surface area contributed by atoms with E-state index in [1.165, 1.54) is 11.1 Å². The zero-order chi connectivity index (χ0) is 13.2. The van der Waals surface area contributed by atoms with Crippen LogP contribution in [0.15, 0.2) is 35.0 Å². The highest BCUT2D eigenvalue weighted by Crippen LogP contribution is 2.28. The van der Waals surface area contributed by atoms with Crippen LogP contribution >= 0.6 is 11.3 Å². The molecule has 0 spiro atoms. The molecule has 2 heterocycles. The van der Waals surface area contributed by atoms with Crippen LogP contribution in [0.2, 0.25) is 0 Å². The lowest BCUT2D eigenvalue weighted by molar-refractivity contribution is -0.118. The molecule has 3 heteroatoms. The molecule has 0 saturated heterocycles. The van der Waals surface area contributed by atoms with Gasteiger partial charge in [-0.3, -0.25) is 4.79 Å². The van der Waals surface area contributed by atoms with Crippen molar-refractivity contribution in [2.75, 3.05) is 11.4 Å². The van der Waals surface area contributed by atoms with Gasteiger partial charge in [-0.2, -0.15) is 11.3 Å². The number of fused-ring (bicyclic) bond motifs is 1. The molecule has 0 aliphatic carbocycles. The van der Waals surface area contributed by atoms with Gasteiger partial charge in [0.1, 0.15) is 0 Å². The first kappa shape index (κ1) is 12.4. The van der Waals surface area contributed by atoms with Crippen LogP contribution < -0.4 is 4.90 Å². The summed E-state index contributed by atoms with van der Waals surface area (Å²) in [5.74, 6) is 0.211. The predicted octanol–water partition coefficient (Wildman–Crippen LogP) is 3.58.